The summed E-state index contributed by atoms with van der Waals surface area (Å²) in [5.41, 5.74) is 0.699. The van der Waals surface area contributed by atoms with Crippen LogP contribution in [-0.4, -0.2) is 89.6 Å². The normalized spacial score (nSPS) is 20.7. The van der Waals surface area contributed by atoms with Gasteiger partial charge in [0.15, 0.2) is 0 Å². The van der Waals surface area contributed by atoms with Crippen LogP contribution in [0.2, 0.25) is 0 Å². The molecular formula is C21H27F4N3O4. The minimum Gasteiger partial charge on any atom is -0.475 e. The quantitative estimate of drug-likeness (QED) is 0.680. The highest BCUT2D eigenvalue weighted by atomic mass is 19.4. The van der Waals surface area contributed by atoms with Crippen LogP contribution in [0.5, 0.6) is 0 Å². The van der Waals surface area contributed by atoms with Crippen LogP contribution in [0.1, 0.15) is 24.8 Å². The SMILES string of the molecule is CN(C)CCN1C(=O)CC[C@@H]2[C@H]1CCN2C(=O)Cc1cccc(F)c1.O=C(O)C(F)(F)F. The molecule has 1 aromatic rings. The molecule has 1 N–H and O–H groups in total. The zero-order valence-corrected chi connectivity index (χ0v) is 17.9. The van der Waals surface area contributed by atoms with Crippen LogP contribution >= 0.6 is 0 Å². The highest BCUT2D eigenvalue weighted by Gasteiger charge is 2.44. The molecule has 0 bridgehead atoms. The smallest absolute Gasteiger partial charge is 0.475 e. The number of alkyl halides is 3. The zero-order valence-electron chi connectivity index (χ0n) is 17.9. The van der Waals surface area contributed by atoms with E-state index in [9.17, 15) is 27.2 Å². The van der Waals surface area contributed by atoms with E-state index in [1.165, 1.54) is 12.1 Å². The van der Waals surface area contributed by atoms with Gasteiger partial charge in [0.1, 0.15) is 5.82 Å². The fraction of sp³-hybridized carbons (Fsp3) is 0.571. The summed E-state index contributed by atoms with van der Waals surface area (Å²) in [5.74, 6) is -2.85. The fourth-order valence-corrected chi connectivity index (χ4v) is 3.98. The molecule has 2 aliphatic rings. The molecule has 0 radical (unpaired) electrons. The van der Waals surface area contributed by atoms with Gasteiger partial charge in [-0.1, -0.05) is 12.1 Å². The molecular weight excluding hydrogens is 434 g/mol. The molecule has 0 spiro atoms. The van der Waals surface area contributed by atoms with E-state index < -0.39 is 12.1 Å². The number of carboxylic acids is 1. The summed E-state index contributed by atoms with van der Waals surface area (Å²) in [6, 6.07) is 6.43. The maximum absolute atomic E-state index is 13.3. The Morgan fingerprint density at radius 2 is 1.84 bits per heavy atom. The van der Waals surface area contributed by atoms with Crippen molar-refractivity contribution < 1.29 is 37.1 Å². The lowest BCUT2D eigenvalue weighted by molar-refractivity contribution is -0.192. The lowest BCUT2D eigenvalue weighted by Crippen LogP contribution is -2.54. The van der Waals surface area contributed by atoms with Gasteiger partial charge in [-0.15, -0.1) is 0 Å². The number of rotatable bonds is 5. The van der Waals surface area contributed by atoms with Gasteiger partial charge in [-0.2, -0.15) is 13.2 Å². The molecule has 32 heavy (non-hydrogen) atoms. The molecule has 2 aliphatic heterocycles. The highest BCUT2D eigenvalue weighted by Crippen LogP contribution is 2.31. The van der Waals surface area contributed by atoms with E-state index >= 15 is 0 Å². The molecule has 1 aromatic carbocycles. The average Bonchev–Trinajstić information content (AvgIpc) is 3.11. The monoisotopic (exact) mass is 461 g/mol. The lowest BCUT2D eigenvalue weighted by Gasteiger charge is -2.40. The van der Waals surface area contributed by atoms with Crippen LogP contribution in [0, 0.1) is 5.82 Å². The number of nitrogens with zero attached hydrogens (tertiary/aromatic N) is 3. The summed E-state index contributed by atoms with van der Waals surface area (Å²) >= 11 is 0. The molecule has 11 heteroatoms. The van der Waals surface area contributed by atoms with Crippen LogP contribution < -0.4 is 0 Å². The number of fused-ring (bicyclic) bond motifs is 1. The Balaban J connectivity index is 0.000000451. The van der Waals surface area contributed by atoms with Crippen LogP contribution in [-0.2, 0) is 20.8 Å². The van der Waals surface area contributed by atoms with Crippen LogP contribution in [0.3, 0.4) is 0 Å². The number of likely N-dealkylation sites (tertiary alicyclic amines) is 2. The Hall–Kier alpha value is -2.69. The number of carboxylic acid groups (broad SMARTS) is 1. The molecule has 2 amide bonds. The van der Waals surface area contributed by atoms with Crippen molar-refractivity contribution in [3.63, 3.8) is 0 Å². The Morgan fingerprint density at radius 1 is 1.19 bits per heavy atom. The second-order valence-electron chi connectivity index (χ2n) is 8.05. The number of hydrogen-bond acceptors (Lipinski definition) is 4. The maximum Gasteiger partial charge on any atom is 0.490 e. The third kappa shape index (κ3) is 6.91. The minimum absolute atomic E-state index is 0.0278. The first kappa shape index (κ1) is 25.6. The lowest BCUT2D eigenvalue weighted by atomic mass is 9.96. The standard InChI is InChI=1S/C19H26FN3O2.C2HF3O2/c1-21(2)10-11-23-17-8-9-22(16(17)6-7-18(23)24)19(25)13-14-4-3-5-15(20)12-14;3-2(4,5)1(6)7/h3-5,12,16-17H,6-11,13H2,1-2H3;(H,6,7)/t16-,17-;/m1./s1. The van der Waals surface area contributed by atoms with Gasteiger partial charge in [0, 0.05) is 26.1 Å². The Morgan fingerprint density at radius 3 is 2.41 bits per heavy atom. The van der Waals surface area contributed by atoms with E-state index in [4.69, 9.17) is 9.90 Å². The first-order valence-corrected chi connectivity index (χ1v) is 10.2. The molecule has 0 aliphatic carbocycles. The van der Waals surface area contributed by atoms with E-state index in [-0.39, 0.29) is 36.1 Å². The van der Waals surface area contributed by atoms with Gasteiger partial charge in [0.2, 0.25) is 11.8 Å². The second kappa shape index (κ2) is 10.8. The molecule has 3 rings (SSSR count). The van der Waals surface area contributed by atoms with Crippen LogP contribution in [0.15, 0.2) is 24.3 Å². The Bertz CT molecular complexity index is 832. The molecule has 0 aromatic heterocycles. The van der Waals surface area contributed by atoms with Crippen LogP contribution in [0.25, 0.3) is 0 Å². The van der Waals surface area contributed by atoms with Crippen molar-refractivity contribution in [2.45, 2.75) is 43.9 Å². The van der Waals surface area contributed by atoms with Gasteiger partial charge in [-0.25, -0.2) is 9.18 Å². The first-order valence-electron chi connectivity index (χ1n) is 10.2. The number of benzene rings is 1. The molecule has 0 unspecified atom stereocenters. The van der Waals surface area contributed by atoms with Crippen molar-refractivity contribution in [2.75, 3.05) is 33.7 Å². The number of amides is 2. The number of hydrogen-bond donors (Lipinski definition) is 1. The molecule has 2 fully saturated rings. The Labute approximate surface area is 183 Å². The summed E-state index contributed by atoms with van der Waals surface area (Å²) < 4.78 is 45.1. The first-order chi connectivity index (χ1) is 14.9. The summed E-state index contributed by atoms with van der Waals surface area (Å²) in [4.78, 5) is 39.9. The third-order valence-electron chi connectivity index (χ3n) is 5.48. The van der Waals surface area contributed by atoms with Crippen molar-refractivity contribution in [3.05, 3.63) is 35.6 Å². The molecule has 2 atom stereocenters. The third-order valence-corrected chi connectivity index (χ3v) is 5.48. The van der Waals surface area contributed by atoms with Crippen molar-refractivity contribution in [2.24, 2.45) is 0 Å². The number of piperidine rings is 1. The van der Waals surface area contributed by atoms with E-state index in [0.29, 0.717) is 25.1 Å². The van der Waals surface area contributed by atoms with Gasteiger partial charge in [-0.05, 0) is 44.6 Å². The summed E-state index contributed by atoms with van der Waals surface area (Å²) in [6.07, 6.45) is -2.81. The summed E-state index contributed by atoms with van der Waals surface area (Å²) in [5, 5.41) is 7.12. The van der Waals surface area contributed by atoms with Gasteiger partial charge in [0.25, 0.3) is 0 Å². The highest BCUT2D eigenvalue weighted by molar-refractivity contribution is 5.81. The zero-order chi connectivity index (χ0) is 24.1. The van der Waals surface area contributed by atoms with E-state index in [1.807, 2.05) is 23.9 Å². The second-order valence-corrected chi connectivity index (χ2v) is 8.05. The van der Waals surface area contributed by atoms with Crippen molar-refractivity contribution in [3.8, 4) is 0 Å². The van der Waals surface area contributed by atoms with E-state index in [2.05, 4.69) is 4.90 Å². The van der Waals surface area contributed by atoms with Gasteiger partial charge in [0.05, 0.1) is 18.5 Å². The molecule has 2 heterocycles. The molecule has 2 saturated heterocycles. The van der Waals surface area contributed by atoms with Crippen molar-refractivity contribution in [1.82, 2.24) is 14.7 Å². The Kier molecular flexibility index (Phi) is 8.59. The number of likely N-dealkylation sites (N-methyl/N-ethyl adjacent to an activating group) is 1. The molecule has 178 valence electrons. The topological polar surface area (TPSA) is 81.2 Å². The number of halogens is 4. The fourth-order valence-electron chi connectivity index (χ4n) is 3.98. The predicted molar refractivity (Wildman–Crippen MR) is 107 cm³/mol. The van der Waals surface area contributed by atoms with Crippen LogP contribution in [0.4, 0.5) is 17.6 Å². The van der Waals surface area contributed by atoms with E-state index in [1.54, 1.807) is 12.1 Å². The van der Waals surface area contributed by atoms with Gasteiger partial charge < -0.3 is 19.8 Å². The number of carbonyl (C=O) groups is 3. The van der Waals surface area contributed by atoms with Gasteiger partial charge >= 0.3 is 12.1 Å². The largest absolute Gasteiger partial charge is 0.490 e. The minimum atomic E-state index is -5.08. The van der Waals surface area contributed by atoms with Crippen molar-refractivity contribution >= 4 is 17.8 Å². The predicted octanol–water partition coefficient (Wildman–Crippen LogP) is 2.15. The number of carbonyl (C=O) groups excluding carboxylic acids is 2. The molecule has 0 saturated carbocycles. The average molecular weight is 461 g/mol. The number of aliphatic carboxylic acids is 1. The summed E-state index contributed by atoms with van der Waals surface area (Å²) in [7, 11) is 3.99. The van der Waals surface area contributed by atoms with Gasteiger partial charge in [-0.3, -0.25) is 9.59 Å². The summed E-state index contributed by atoms with van der Waals surface area (Å²) in [6.45, 7) is 2.21. The maximum atomic E-state index is 13.3. The van der Waals surface area contributed by atoms with Crippen molar-refractivity contribution in [1.29, 1.82) is 0 Å². The van der Waals surface area contributed by atoms with E-state index in [0.717, 1.165) is 19.4 Å². The molecule has 7 nitrogen and oxygen atoms in total.